The number of ketones is 1. The first-order chi connectivity index (χ1) is 8.47. The molecule has 0 amide bonds. The van der Waals surface area contributed by atoms with Crippen LogP contribution in [0.4, 0.5) is 5.69 Å². The third kappa shape index (κ3) is 3.19. The third-order valence-electron chi connectivity index (χ3n) is 2.41. The lowest BCUT2D eigenvalue weighted by molar-refractivity contribution is -0.386. The molecule has 0 atom stereocenters. The van der Waals surface area contributed by atoms with E-state index in [1.807, 2.05) is 6.92 Å². The quantitative estimate of drug-likeness (QED) is 0.364. The Morgan fingerprint density at radius 3 is 2.67 bits per heavy atom. The van der Waals surface area contributed by atoms with Gasteiger partial charge in [-0.05, 0) is 19.4 Å². The van der Waals surface area contributed by atoms with E-state index in [-0.39, 0.29) is 11.3 Å². The predicted molar refractivity (Wildman–Crippen MR) is 65.2 cm³/mol. The second-order valence-electron chi connectivity index (χ2n) is 3.85. The number of hydrogen-bond acceptors (Lipinski definition) is 5. The maximum absolute atomic E-state index is 11.3. The van der Waals surface area contributed by atoms with Crippen molar-refractivity contribution in [3.63, 3.8) is 0 Å². The minimum Gasteiger partial charge on any atom is -0.502 e. The Bertz CT molecular complexity index is 435. The molecule has 1 N–H and O–H groups in total. The topological polar surface area (TPSA) is 89.7 Å². The molecule has 0 heterocycles. The molecule has 0 fully saturated rings. The van der Waals surface area contributed by atoms with E-state index in [4.69, 9.17) is 4.74 Å². The van der Waals surface area contributed by atoms with Gasteiger partial charge in [0.25, 0.3) is 0 Å². The Balaban J connectivity index is 3.12. The summed E-state index contributed by atoms with van der Waals surface area (Å²) in [7, 11) is 0. The molecule has 6 nitrogen and oxygen atoms in total. The molecule has 0 unspecified atom stereocenters. The molecule has 6 heteroatoms. The van der Waals surface area contributed by atoms with Crippen LogP contribution in [0.5, 0.6) is 11.5 Å². The third-order valence-corrected chi connectivity index (χ3v) is 2.41. The van der Waals surface area contributed by atoms with E-state index >= 15 is 0 Å². The van der Waals surface area contributed by atoms with Crippen molar-refractivity contribution in [3.05, 3.63) is 27.8 Å². The summed E-state index contributed by atoms with van der Waals surface area (Å²) >= 11 is 0. The van der Waals surface area contributed by atoms with Gasteiger partial charge in [-0.2, -0.15) is 0 Å². The minimum absolute atomic E-state index is 0.101. The maximum atomic E-state index is 11.3. The van der Waals surface area contributed by atoms with Crippen molar-refractivity contribution in [2.45, 2.75) is 26.7 Å². The zero-order valence-corrected chi connectivity index (χ0v) is 10.3. The van der Waals surface area contributed by atoms with Gasteiger partial charge >= 0.3 is 5.69 Å². The van der Waals surface area contributed by atoms with Crippen molar-refractivity contribution in [1.82, 2.24) is 0 Å². The zero-order valence-electron chi connectivity index (χ0n) is 10.3. The van der Waals surface area contributed by atoms with Crippen LogP contribution in [0.1, 0.15) is 37.0 Å². The number of Topliss-reactive ketones (excluding diaryl/α,β-unsaturated/α-hetero) is 1. The molecule has 0 aliphatic rings. The molecule has 0 bridgehead atoms. The van der Waals surface area contributed by atoms with Crippen molar-refractivity contribution in [2.75, 3.05) is 6.61 Å². The summed E-state index contributed by atoms with van der Waals surface area (Å²) in [5.74, 6) is -0.843. The van der Waals surface area contributed by atoms with E-state index in [2.05, 4.69) is 0 Å². The summed E-state index contributed by atoms with van der Waals surface area (Å²) in [4.78, 5) is 21.3. The summed E-state index contributed by atoms with van der Waals surface area (Å²) in [5, 5.41) is 20.4. The van der Waals surface area contributed by atoms with Crippen LogP contribution in [0.25, 0.3) is 0 Å². The predicted octanol–water partition coefficient (Wildman–Crippen LogP) is 2.68. The number of hydrogen-bond donors (Lipinski definition) is 1. The molecule has 0 radical (unpaired) electrons. The van der Waals surface area contributed by atoms with Gasteiger partial charge in [-0.25, -0.2) is 0 Å². The molecular weight excluding hydrogens is 238 g/mol. The number of nitro benzene ring substituents is 1. The van der Waals surface area contributed by atoms with Crippen molar-refractivity contribution >= 4 is 11.5 Å². The van der Waals surface area contributed by atoms with Crippen molar-refractivity contribution < 1.29 is 19.6 Å². The van der Waals surface area contributed by atoms with Gasteiger partial charge in [0.2, 0.25) is 5.75 Å². The zero-order chi connectivity index (χ0) is 13.7. The van der Waals surface area contributed by atoms with E-state index in [0.717, 1.165) is 18.9 Å². The number of benzene rings is 1. The first-order valence-corrected chi connectivity index (χ1v) is 5.62. The number of phenols is 1. The second kappa shape index (κ2) is 6.00. The number of rotatable bonds is 6. The lowest BCUT2D eigenvalue weighted by Crippen LogP contribution is -2.01. The number of nitrogens with zero attached hydrogens (tertiary/aromatic N) is 1. The van der Waals surface area contributed by atoms with Crippen LogP contribution >= 0.6 is 0 Å². The fourth-order valence-corrected chi connectivity index (χ4v) is 1.42. The highest BCUT2D eigenvalue weighted by Crippen LogP contribution is 2.34. The first kappa shape index (κ1) is 14.0. The smallest absolute Gasteiger partial charge is 0.315 e. The Hall–Kier alpha value is -2.11. The van der Waals surface area contributed by atoms with E-state index in [0.29, 0.717) is 6.61 Å². The highest BCUT2D eigenvalue weighted by atomic mass is 16.6. The molecule has 0 aliphatic carbocycles. The number of aromatic hydroxyl groups is 1. The fraction of sp³-hybridized carbons (Fsp3) is 0.417. The Morgan fingerprint density at radius 1 is 1.50 bits per heavy atom. The SMILES string of the molecule is CCCCOc1cc(C(C)=O)c(O)c([N+](=O)[O-])c1. The van der Waals surface area contributed by atoms with Gasteiger partial charge in [0, 0.05) is 0 Å². The van der Waals surface area contributed by atoms with Crippen molar-refractivity contribution in [1.29, 1.82) is 0 Å². The molecular formula is C12H15NO5. The highest BCUT2D eigenvalue weighted by Gasteiger charge is 2.21. The lowest BCUT2D eigenvalue weighted by atomic mass is 10.1. The summed E-state index contributed by atoms with van der Waals surface area (Å²) < 4.78 is 5.32. The second-order valence-corrected chi connectivity index (χ2v) is 3.85. The minimum atomic E-state index is -0.742. The number of phenolic OH excluding ortho intramolecular Hbond substituents is 1. The molecule has 0 aromatic heterocycles. The normalized spacial score (nSPS) is 10.1. The summed E-state index contributed by atoms with van der Waals surface area (Å²) in [6.45, 7) is 3.63. The standard InChI is InChI=1S/C12H15NO5/c1-3-4-5-18-9-6-10(8(2)14)12(15)11(7-9)13(16)17/h6-7,15H,3-5H2,1-2H3. The summed E-state index contributed by atoms with van der Waals surface area (Å²) in [5.41, 5.74) is -0.620. The van der Waals surface area contributed by atoms with Crippen LogP contribution in [0, 0.1) is 10.1 Å². The number of ether oxygens (including phenoxy) is 1. The van der Waals surface area contributed by atoms with Crippen LogP contribution in [-0.2, 0) is 0 Å². The molecule has 1 aromatic rings. The molecule has 1 aromatic carbocycles. The average molecular weight is 253 g/mol. The van der Waals surface area contributed by atoms with Crippen LogP contribution in [0.3, 0.4) is 0 Å². The van der Waals surface area contributed by atoms with Crippen molar-refractivity contribution in [3.8, 4) is 11.5 Å². The highest BCUT2D eigenvalue weighted by molar-refractivity contribution is 5.98. The number of carbonyl (C=O) groups excluding carboxylic acids is 1. The van der Waals surface area contributed by atoms with Gasteiger partial charge in [-0.1, -0.05) is 13.3 Å². The molecule has 0 spiro atoms. The van der Waals surface area contributed by atoms with Gasteiger partial charge in [-0.3, -0.25) is 14.9 Å². The molecule has 0 saturated heterocycles. The molecule has 1 rings (SSSR count). The molecule has 18 heavy (non-hydrogen) atoms. The monoisotopic (exact) mass is 253 g/mol. The first-order valence-electron chi connectivity index (χ1n) is 5.62. The van der Waals surface area contributed by atoms with Gasteiger partial charge in [0.05, 0.1) is 23.2 Å². The van der Waals surface area contributed by atoms with E-state index < -0.39 is 22.1 Å². The maximum Gasteiger partial charge on any atom is 0.315 e. The largest absolute Gasteiger partial charge is 0.502 e. The Kier molecular flexibility index (Phi) is 4.65. The molecule has 0 aliphatic heterocycles. The van der Waals surface area contributed by atoms with Crippen LogP contribution < -0.4 is 4.74 Å². The lowest BCUT2D eigenvalue weighted by Gasteiger charge is -2.08. The van der Waals surface area contributed by atoms with E-state index in [1.54, 1.807) is 0 Å². The van der Waals surface area contributed by atoms with Crippen molar-refractivity contribution in [2.24, 2.45) is 0 Å². The molecule has 0 saturated carbocycles. The summed E-state index contributed by atoms with van der Waals surface area (Å²) in [6, 6.07) is 2.44. The summed E-state index contributed by atoms with van der Waals surface area (Å²) in [6.07, 6.45) is 1.74. The van der Waals surface area contributed by atoms with Crippen LogP contribution in [0.15, 0.2) is 12.1 Å². The fourth-order valence-electron chi connectivity index (χ4n) is 1.42. The van der Waals surface area contributed by atoms with E-state index in [1.165, 1.54) is 13.0 Å². The van der Waals surface area contributed by atoms with Crippen LogP contribution in [-0.4, -0.2) is 22.4 Å². The number of nitro groups is 1. The van der Waals surface area contributed by atoms with E-state index in [9.17, 15) is 20.0 Å². The Morgan fingerprint density at radius 2 is 2.17 bits per heavy atom. The number of carbonyl (C=O) groups is 1. The van der Waals surface area contributed by atoms with Gasteiger partial charge in [0.15, 0.2) is 5.78 Å². The number of unbranched alkanes of at least 4 members (excludes halogenated alkanes) is 1. The van der Waals surface area contributed by atoms with Gasteiger partial charge in [0.1, 0.15) is 5.75 Å². The van der Waals surface area contributed by atoms with Gasteiger partial charge in [-0.15, -0.1) is 0 Å². The average Bonchev–Trinajstić information content (AvgIpc) is 2.30. The molecule has 98 valence electrons. The van der Waals surface area contributed by atoms with Gasteiger partial charge < -0.3 is 9.84 Å². The Labute approximate surface area is 104 Å². The van der Waals surface area contributed by atoms with Crippen LogP contribution in [0.2, 0.25) is 0 Å².